The number of hydrogen-bond acceptors (Lipinski definition) is 5. The van der Waals surface area contributed by atoms with E-state index < -0.39 is 17.2 Å². The van der Waals surface area contributed by atoms with Gasteiger partial charge in [0.1, 0.15) is 10.6 Å². The van der Waals surface area contributed by atoms with E-state index >= 15 is 0 Å². The topological polar surface area (TPSA) is 100.0 Å². The van der Waals surface area contributed by atoms with E-state index in [-0.39, 0.29) is 11.6 Å². The molecule has 0 atom stereocenters. The van der Waals surface area contributed by atoms with E-state index in [9.17, 15) is 14.4 Å². The van der Waals surface area contributed by atoms with Gasteiger partial charge in [-0.2, -0.15) is 0 Å². The van der Waals surface area contributed by atoms with Gasteiger partial charge in [-0.25, -0.2) is 14.3 Å². The highest BCUT2D eigenvalue weighted by Gasteiger charge is 2.18. The zero-order valence-electron chi connectivity index (χ0n) is 11.3. The van der Waals surface area contributed by atoms with E-state index in [0.29, 0.717) is 10.0 Å². The molecule has 0 saturated heterocycles. The van der Waals surface area contributed by atoms with Crippen molar-refractivity contribution >= 4 is 17.2 Å². The Bertz CT molecular complexity index is 785. The lowest BCUT2D eigenvalue weighted by Gasteiger charge is -2.13. The fraction of sp³-hybridized carbons (Fsp3) is 0.333. The van der Waals surface area contributed by atoms with Gasteiger partial charge in [0.15, 0.2) is 0 Å². The first-order valence-corrected chi connectivity index (χ1v) is 6.75. The fourth-order valence-electron chi connectivity index (χ4n) is 1.76. The summed E-state index contributed by atoms with van der Waals surface area (Å²) in [5.74, 6) is -0.862. The van der Waals surface area contributed by atoms with Gasteiger partial charge in [-0.3, -0.25) is 14.2 Å². The smallest absolute Gasteiger partial charge is 0.336 e. The van der Waals surface area contributed by atoms with Gasteiger partial charge in [-0.1, -0.05) is 0 Å². The Labute approximate surface area is 118 Å². The Morgan fingerprint density at radius 1 is 1.40 bits per heavy atom. The molecule has 2 aromatic rings. The summed E-state index contributed by atoms with van der Waals surface area (Å²) in [5, 5.41) is 1.09. The summed E-state index contributed by atoms with van der Waals surface area (Å²) in [4.78, 5) is 40.0. The highest BCUT2D eigenvalue weighted by Crippen LogP contribution is 2.14. The summed E-state index contributed by atoms with van der Waals surface area (Å²) in [7, 11) is 0. The van der Waals surface area contributed by atoms with E-state index in [1.807, 2.05) is 0 Å². The van der Waals surface area contributed by atoms with E-state index in [4.69, 9.17) is 5.73 Å². The van der Waals surface area contributed by atoms with Crippen LogP contribution in [-0.4, -0.2) is 20.0 Å². The molecule has 0 unspecified atom stereocenters. The molecule has 2 heterocycles. The first-order valence-electron chi connectivity index (χ1n) is 5.93. The summed E-state index contributed by atoms with van der Waals surface area (Å²) < 4.78 is 2.24. The van der Waals surface area contributed by atoms with Gasteiger partial charge < -0.3 is 5.73 Å². The number of nitrogens with zero attached hydrogens (tertiary/aromatic N) is 3. The van der Waals surface area contributed by atoms with Gasteiger partial charge in [-0.15, -0.1) is 11.3 Å². The highest BCUT2D eigenvalue weighted by molar-refractivity contribution is 7.14. The van der Waals surface area contributed by atoms with Crippen molar-refractivity contribution < 1.29 is 4.79 Å². The van der Waals surface area contributed by atoms with Crippen LogP contribution in [0.3, 0.4) is 0 Å². The van der Waals surface area contributed by atoms with Crippen LogP contribution >= 0.6 is 11.3 Å². The fourth-order valence-corrected chi connectivity index (χ4v) is 2.52. The molecular weight excluding hydrogens is 280 g/mol. The molecule has 106 valence electrons. The van der Waals surface area contributed by atoms with Crippen LogP contribution in [0.2, 0.25) is 0 Å². The molecule has 0 aliphatic carbocycles. The Kier molecular flexibility index (Phi) is 3.58. The third-order valence-electron chi connectivity index (χ3n) is 2.77. The largest absolute Gasteiger partial charge is 0.365 e. The van der Waals surface area contributed by atoms with Gasteiger partial charge in [0.05, 0.1) is 11.2 Å². The molecule has 2 rings (SSSR count). The molecule has 20 heavy (non-hydrogen) atoms. The van der Waals surface area contributed by atoms with Crippen LogP contribution < -0.4 is 17.0 Å². The molecule has 2 N–H and O–H groups in total. The molecule has 8 heteroatoms. The van der Waals surface area contributed by atoms with Gasteiger partial charge in [-0.05, 0) is 20.8 Å². The number of aryl methyl sites for hydroxylation is 1. The molecule has 0 fully saturated rings. The zero-order chi connectivity index (χ0) is 15.0. The Hall–Kier alpha value is -2.22. The lowest BCUT2D eigenvalue weighted by molar-refractivity contribution is 0.0997. The van der Waals surface area contributed by atoms with Crippen LogP contribution in [0, 0.1) is 6.92 Å². The second-order valence-corrected chi connectivity index (χ2v) is 5.76. The van der Waals surface area contributed by atoms with Crippen LogP contribution in [0.5, 0.6) is 0 Å². The Balaban J connectivity index is 2.88. The predicted molar refractivity (Wildman–Crippen MR) is 75.6 cm³/mol. The first-order chi connectivity index (χ1) is 9.32. The summed E-state index contributed by atoms with van der Waals surface area (Å²) >= 11 is 1.20. The molecular formula is C12H14N4O3S. The zero-order valence-corrected chi connectivity index (χ0v) is 12.1. The average molecular weight is 294 g/mol. The molecule has 0 radical (unpaired) electrons. The summed E-state index contributed by atoms with van der Waals surface area (Å²) in [6.45, 7) is 5.32. The van der Waals surface area contributed by atoms with E-state index in [1.165, 1.54) is 28.3 Å². The standard InChI is InChI=1S/C12H14N4O3S/c1-6(2)15-5-8(10(13)17)11(18)16(12(15)19)9-4-14-7(3)20-9/h4-6H,1-3H3,(H2,13,17). The molecule has 1 amide bonds. The molecule has 0 spiro atoms. The molecule has 0 aromatic carbocycles. The lowest BCUT2D eigenvalue weighted by Crippen LogP contribution is -2.42. The average Bonchev–Trinajstić information content (AvgIpc) is 2.75. The first kappa shape index (κ1) is 14.2. The maximum absolute atomic E-state index is 12.4. The van der Waals surface area contributed by atoms with E-state index in [0.717, 1.165) is 4.57 Å². The quantitative estimate of drug-likeness (QED) is 0.887. The highest BCUT2D eigenvalue weighted by atomic mass is 32.1. The number of aromatic nitrogens is 3. The molecule has 0 aliphatic rings. The lowest BCUT2D eigenvalue weighted by atomic mass is 10.3. The number of hydrogen-bond donors (Lipinski definition) is 1. The van der Waals surface area contributed by atoms with Crippen molar-refractivity contribution in [2.45, 2.75) is 26.8 Å². The van der Waals surface area contributed by atoms with Crippen LogP contribution in [0.4, 0.5) is 0 Å². The number of rotatable bonds is 3. The number of carbonyl (C=O) groups excluding carboxylic acids is 1. The number of thiazole rings is 1. The van der Waals surface area contributed by atoms with Crippen molar-refractivity contribution in [1.82, 2.24) is 14.1 Å². The maximum Gasteiger partial charge on any atom is 0.336 e. The Morgan fingerprint density at radius 2 is 2.05 bits per heavy atom. The van der Waals surface area contributed by atoms with E-state index in [2.05, 4.69) is 4.98 Å². The molecule has 7 nitrogen and oxygen atoms in total. The SMILES string of the molecule is Cc1ncc(-n2c(=O)c(C(N)=O)cn(C(C)C)c2=O)s1. The van der Waals surface area contributed by atoms with Crippen molar-refractivity contribution in [2.24, 2.45) is 5.73 Å². The van der Waals surface area contributed by atoms with Crippen LogP contribution in [0.1, 0.15) is 35.3 Å². The number of primary amides is 1. The van der Waals surface area contributed by atoms with Crippen molar-refractivity contribution in [3.8, 4) is 5.00 Å². The summed E-state index contributed by atoms with van der Waals surface area (Å²) in [6, 6.07) is -0.207. The monoisotopic (exact) mass is 294 g/mol. The molecule has 0 aliphatic heterocycles. The van der Waals surface area contributed by atoms with Gasteiger partial charge >= 0.3 is 5.69 Å². The molecule has 0 bridgehead atoms. The number of carbonyl (C=O) groups is 1. The van der Waals surface area contributed by atoms with Crippen LogP contribution in [0.25, 0.3) is 5.00 Å². The number of amides is 1. The summed E-state index contributed by atoms with van der Waals surface area (Å²) in [5.41, 5.74) is 3.75. The van der Waals surface area contributed by atoms with Gasteiger partial charge in [0, 0.05) is 12.2 Å². The van der Waals surface area contributed by atoms with Crippen molar-refractivity contribution in [2.75, 3.05) is 0 Å². The third-order valence-corrected chi connectivity index (χ3v) is 3.66. The van der Waals surface area contributed by atoms with Crippen molar-refractivity contribution in [1.29, 1.82) is 0 Å². The van der Waals surface area contributed by atoms with Crippen molar-refractivity contribution in [3.05, 3.63) is 43.8 Å². The minimum atomic E-state index is -0.862. The van der Waals surface area contributed by atoms with Crippen LogP contribution in [-0.2, 0) is 0 Å². The van der Waals surface area contributed by atoms with Gasteiger partial charge in [0.25, 0.3) is 11.5 Å². The maximum atomic E-state index is 12.4. The number of nitrogens with two attached hydrogens (primary N) is 1. The van der Waals surface area contributed by atoms with Gasteiger partial charge in [0.2, 0.25) is 0 Å². The third kappa shape index (κ3) is 2.29. The normalized spacial score (nSPS) is 11.0. The molecule has 2 aromatic heterocycles. The summed E-state index contributed by atoms with van der Waals surface area (Å²) in [6.07, 6.45) is 2.64. The predicted octanol–water partition coefficient (Wildman–Crippen LogP) is 0.444. The second-order valence-electron chi connectivity index (χ2n) is 4.55. The minimum absolute atomic E-state index is 0.207. The Morgan fingerprint density at radius 3 is 2.50 bits per heavy atom. The van der Waals surface area contributed by atoms with E-state index in [1.54, 1.807) is 20.8 Å². The minimum Gasteiger partial charge on any atom is -0.365 e. The van der Waals surface area contributed by atoms with Crippen LogP contribution in [0.15, 0.2) is 22.0 Å². The second kappa shape index (κ2) is 5.04. The molecule has 0 saturated carbocycles. The van der Waals surface area contributed by atoms with Crippen molar-refractivity contribution in [3.63, 3.8) is 0 Å².